The average Bonchev–Trinajstić information content (AvgIpc) is 3.34. The number of carbonyl (C=O) groups is 2. The van der Waals surface area contributed by atoms with Gasteiger partial charge < -0.3 is 10.6 Å². The first-order chi connectivity index (χ1) is 17.5. The van der Waals surface area contributed by atoms with E-state index in [-0.39, 0.29) is 22.3 Å². The second-order valence-corrected chi connectivity index (χ2v) is 8.69. The Morgan fingerprint density at radius 3 is 2.38 bits per heavy atom. The summed E-state index contributed by atoms with van der Waals surface area (Å²) in [6.45, 7) is 1.59. The number of benzene rings is 2. The van der Waals surface area contributed by atoms with Crippen molar-refractivity contribution in [1.82, 2.24) is 25.1 Å². The molecule has 0 fully saturated rings. The number of pyridine rings is 1. The number of halogens is 5. The van der Waals surface area contributed by atoms with Crippen LogP contribution in [0.15, 0.2) is 67.1 Å². The van der Waals surface area contributed by atoms with Crippen molar-refractivity contribution in [3.05, 3.63) is 99.7 Å². The minimum absolute atomic E-state index is 0.220. The molecule has 0 aliphatic rings. The molecule has 2 amide bonds. The standard InChI is InChI=1S/C24H17Cl2F3N6O2/c1-13(33-23(37)15-7-16(24(27,28)29)10-18(26)9-15)21-31-12-32-35(21)20-6-5-19(11-30-20)34-22(36)14-3-2-4-17(25)8-14/h2-13H,1H3,(H,33,37)(H,34,36). The Kier molecular flexibility index (Phi) is 7.46. The molecule has 1 unspecified atom stereocenters. The summed E-state index contributed by atoms with van der Waals surface area (Å²) in [7, 11) is 0. The second kappa shape index (κ2) is 10.6. The van der Waals surface area contributed by atoms with Crippen molar-refractivity contribution in [2.75, 3.05) is 5.32 Å². The molecule has 2 aromatic carbocycles. The van der Waals surface area contributed by atoms with Crippen LogP contribution in [0.5, 0.6) is 0 Å². The predicted octanol–water partition coefficient (Wildman–Crippen LogP) is 5.73. The van der Waals surface area contributed by atoms with Gasteiger partial charge in [0.15, 0.2) is 11.6 Å². The van der Waals surface area contributed by atoms with Crippen LogP contribution in [-0.2, 0) is 6.18 Å². The molecule has 190 valence electrons. The Morgan fingerprint density at radius 2 is 1.70 bits per heavy atom. The maximum atomic E-state index is 13.1. The number of carbonyl (C=O) groups excluding carboxylic acids is 2. The topological polar surface area (TPSA) is 102 Å². The van der Waals surface area contributed by atoms with Gasteiger partial charge in [0.25, 0.3) is 11.8 Å². The number of rotatable bonds is 6. The Hall–Kier alpha value is -3.96. The van der Waals surface area contributed by atoms with E-state index < -0.39 is 23.7 Å². The highest BCUT2D eigenvalue weighted by Crippen LogP contribution is 2.32. The van der Waals surface area contributed by atoms with E-state index in [1.54, 1.807) is 37.3 Å². The molecule has 37 heavy (non-hydrogen) atoms. The van der Waals surface area contributed by atoms with Crippen LogP contribution in [0, 0.1) is 0 Å². The van der Waals surface area contributed by atoms with Crippen LogP contribution in [0.3, 0.4) is 0 Å². The molecule has 13 heteroatoms. The first-order valence-corrected chi connectivity index (χ1v) is 11.4. The van der Waals surface area contributed by atoms with Crippen LogP contribution in [-0.4, -0.2) is 31.6 Å². The fourth-order valence-corrected chi connectivity index (χ4v) is 3.79. The lowest BCUT2D eigenvalue weighted by molar-refractivity contribution is -0.137. The molecule has 2 N–H and O–H groups in total. The van der Waals surface area contributed by atoms with Crippen LogP contribution in [0.25, 0.3) is 5.82 Å². The van der Waals surface area contributed by atoms with E-state index in [2.05, 4.69) is 25.7 Å². The van der Waals surface area contributed by atoms with Crippen molar-refractivity contribution in [1.29, 1.82) is 0 Å². The maximum absolute atomic E-state index is 13.1. The van der Waals surface area contributed by atoms with E-state index >= 15 is 0 Å². The largest absolute Gasteiger partial charge is 0.416 e. The van der Waals surface area contributed by atoms with E-state index in [0.29, 0.717) is 22.1 Å². The summed E-state index contributed by atoms with van der Waals surface area (Å²) >= 11 is 11.7. The van der Waals surface area contributed by atoms with Gasteiger partial charge in [0.1, 0.15) is 6.33 Å². The molecule has 0 radical (unpaired) electrons. The highest BCUT2D eigenvalue weighted by Gasteiger charge is 2.32. The zero-order valence-electron chi connectivity index (χ0n) is 18.9. The number of hydrogen-bond donors (Lipinski definition) is 2. The number of amides is 2. The van der Waals surface area contributed by atoms with Crippen molar-refractivity contribution in [3.63, 3.8) is 0 Å². The predicted molar refractivity (Wildman–Crippen MR) is 131 cm³/mol. The zero-order valence-corrected chi connectivity index (χ0v) is 20.4. The van der Waals surface area contributed by atoms with Crippen molar-refractivity contribution in [2.45, 2.75) is 19.1 Å². The molecule has 0 saturated carbocycles. The molecule has 2 heterocycles. The van der Waals surface area contributed by atoms with Crippen molar-refractivity contribution in [2.24, 2.45) is 0 Å². The molecule has 0 bridgehead atoms. The molecule has 0 aliphatic heterocycles. The van der Waals surface area contributed by atoms with Crippen molar-refractivity contribution < 1.29 is 22.8 Å². The van der Waals surface area contributed by atoms with E-state index in [4.69, 9.17) is 23.2 Å². The molecule has 0 spiro atoms. The van der Waals surface area contributed by atoms with E-state index in [9.17, 15) is 22.8 Å². The molecule has 2 aromatic heterocycles. The van der Waals surface area contributed by atoms with Gasteiger partial charge in [-0.1, -0.05) is 29.3 Å². The third kappa shape index (κ3) is 6.25. The molecular formula is C24H17Cl2F3N6O2. The Balaban J connectivity index is 1.48. The van der Waals surface area contributed by atoms with Gasteiger partial charge in [-0.25, -0.2) is 9.97 Å². The van der Waals surface area contributed by atoms with Crippen LogP contribution >= 0.6 is 23.2 Å². The summed E-state index contributed by atoms with van der Waals surface area (Å²) in [5.74, 6) is -0.544. The minimum Gasteiger partial charge on any atom is -0.342 e. The smallest absolute Gasteiger partial charge is 0.342 e. The normalized spacial score (nSPS) is 12.2. The lowest BCUT2D eigenvalue weighted by Gasteiger charge is -2.15. The van der Waals surface area contributed by atoms with Crippen molar-refractivity contribution >= 4 is 40.7 Å². The molecule has 4 aromatic rings. The zero-order chi connectivity index (χ0) is 26.7. The SMILES string of the molecule is CC(NC(=O)c1cc(Cl)cc(C(F)(F)F)c1)c1ncnn1-c1ccc(NC(=O)c2cccc(Cl)c2)cn1. The van der Waals surface area contributed by atoms with Gasteiger partial charge in [-0.3, -0.25) is 9.59 Å². The van der Waals surface area contributed by atoms with Crippen molar-refractivity contribution in [3.8, 4) is 5.82 Å². The van der Waals surface area contributed by atoms with Crippen LogP contribution < -0.4 is 10.6 Å². The molecular weight excluding hydrogens is 532 g/mol. The number of nitrogens with one attached hydrogen (secondary N) is 2. The van der Waals surface area contributed by atoms with Gasteiger partial charge in [0.05, 0.1) is 23.5 Å². The van der Waals surface area contributed by atoms with Gasteiger partial charge in [-0.15, -0.1) is 0 Å². The third-order valence-corrected chi connectivity index (χ3v) is 5.56. The summed E-state index contributed by atoms with van der Waals surface area (Å²) in [6.07, 6.45) is -2.00. The first kappa shape index (κ1) is 26.1. The van der Waals surface area contributed by atoms with Crippen LogP contribution in [0.4, 0.5) is 18.9 Å². The number of alkyl halides is 3. The summed E-state index contributed by atoms with van der Waals surface area (Å²) in [5.41, 5.74) is -0.497. The Morgan fingerprint density at radius 1 is 0.946 bits per heavy atom. The minimum atomic E-state index is -4.66. The van der Waals surface area contributed by atoms with Gasteiger partial charge in [0, 0.05) is 21.2 Å². The highest BCUT2D eigenvalue weighted by atomic mass is 35.5. The number of nitrogens with zero attached hydrogens (tertiary/aromatic N) is 4. The van der Waals surface area contributed by atoms with E-state index in [1.165, 1.54) is 23.3 Å². The summed E-state index contributed by atoms with van der Waals surface area (Å²) in [5, 5.41) is 9.62. The molecule has 0 saturated heterocycles. The fraction of sp³-hybridized carbons (Fsp3) is 0.125. The van der Waals surface area contributed by atoms with Crippen LogP contribution in [0.1, 0.15) is 45.1 Å². The Bertz CT molecular complexity index is 1460. The highest BCUT2D eigenvalue weighted by molar-refractivity contribution is 6.31. The van der Waals surface area contributed by atoms with Crippen LogP contribution in [0.2, 0.25) is 10.0 Å². The average molecular weight is 549 g/mol. The van der Waals surface area contributed by atoms with Gasteiger partial charge in [-0.2, -0.15) is 23.0 Å². The first-order valence-electron chi connectivity index (χ1n) is 10.6. The van der Waals surface area contributed by atoms with Gasteiger partial charge >= 0.3 is 6.18 Å². The summed E-state index contributed by atoms with van der Waals surface area (Å²) in [4.78, 5) is 33.5. The Labute approximate surface area is 218 Å². The second-order valence-electron chi connectivity index (χ2n) is 7.82. The lowest BCUT2D eigenvalue weighted by Crippen LogP contribution is -2.29. The summed E-state index contributed by atoms with van der Waals surface area (Å²) < 4.78 is 40.6. The quantitative estimate of drug-likeness (QED) is 0.320. The van der Waals surface area contributed by atoms with Gasteiger partial charge in [0.2, 0.25) is 0 Å². The maximum Gasteiger partial charge on any atom is 0.416 e. The van der Waals surface area contributed by atoms with Gasteiger partial charge in [-0.05, 0) is 55.5 Å². The number of hydrogen-bond acceptors (Lipinski definition) is 5. The fourth-order valence-electron chi connectivity index (χ4n) is 3.37. The number of anilines is 1. The van der Waals surface area contributed by atoms with E-state index in [0.717, 1.165) is 18.2 Å². The summed E-state index contributed by atoms with van der Waals surface area (Å²) in [6, 6.07) is 11.5. The number of aromatic nitrogens is 4. The lowest BCUT2D eigenvalue weighted by atomic mass is 10.1. The molecule has 0 aliphatic carbocycles. The molecule has 4 rings (SSSR count). The monoisotopic (exact) mass is 548 g/mol. The third-order valence-electron chi connectivity index (χ3n) is 5.11. The molecule has 1 atom stereocenters. The molecule has 8 nitrogen and oxygen atoms in total. The van der Waals surface area contributed by atoms with E-state index in [1.807, 2.05) is 0 Å².